The predicted molar refractivity (Wildman–Crippen MR) is 120 cm³/mol. The molecule has 3 rings (SSSR count). The van der Waals surface area contributed by atoms with Crippen LogP contribution in [0.2, 0.25) is 0 Å². The van der Waals surface area contributed by atoms with Crippen LogP contribution in [0.4, 0.5) is 5.69 Å². The second-order valence-electron chi connectivity index (χ2n) is 7.92. The van der Waals surface area contributed by atoms with Gasteiger partial charge in [-0.2, -0.15) is 0 Å². The molecule has 0 saturated heterocycles. The number of alkyl halides is 2. The fraction of sp³-hybridized carbons (Fsp3) is 0.636. The lowest BCUT2D eigenvalue weighted by Gasteiger charge is -2.29. The molecule has 1 aromatic heterocycles. The third-order valence-electron chi connectivity index (χ3n) is 5.65. The van der Waals surface area contributed by atoms with E-state index >= 15 is 0 Å². The standard InChI is InChI=1S/C22H31Cl2N3O2/c1-15(23)27(16(2)24)17-12-13-20-19(14-17)25-21(26(20)3)10-7-11-22(28)29-18-8-5-4-6-9-18/h12-16,18H,4-11H2,1-3H3. The van der Waals surface area contributed by atoms with Gasteiger partial charge in [-0.15, -0.1) is 0 Å². The number of carbonyl (C=O) groups excluding carboxylic acids is 1. The first-order chi connectivity index (χ1) is 13.9. The molecule has 1 aliphatic carbocycles. The average molecular weight is 440 g/mol. The normalized spacial score (nSPS) is 17.3. The van der Waals surface area contributed by atoms with Gasteiger partial charge in [-0.25, -0.2) is 4.98 Å². The molecule has 1 aliphatic rings. The van der Waals surface area contributed by atoms with Crippen molar-refractivity contribution in [3.05, 3.63) is 24.0 Å². The molecule has 5 nitrogen and oxygen atoms in total. The summed E-state index contributed by atoms with van der Waals surface area (Å²) in [5.74, 6) is 0.882. The Labute approximate surface area is 183 Å². The summed E-state index contributed by atoms with van der Waals surface area (Å²) in [5, 5.41) is 0. The second kappa shape index (κ2) is 10.0. The number of hydrogen-bond donors (Lipinski definition) is 0. The van der Waals surface area contributed by atoms with E-state index in [1.54, 1.807) is 0 Å². The maximum Gasteiger partial charge on any atom is 0.306 e. The van der Waals surface area contributed by atoms with Crippen molar-refractivity contribution in [2.75, 3.05) is 4.90 Å². The van der Waals surface area contributed by atoms with Crippen LogP contribution in [0.15, 0.2) is 18.2 Å². The van der Waals surface area contributed by atoms with E-state index in [0.29, 0.717) is 6.42 Å². The molecule has 2 unspecified atom stereocenters. The number of aromatic nitrogens is 2. The van der Waals surface area contributed by atoms with E-state index < -0.39 is 0 Å². The van der Waals surface area contributed by atoms with E-state index in [0.717, 1.165) is 48.2 Å². The maximum atomic E-state index is 12.1. The van der Waals surface area contributed by atoms with Crippen molar-refractivity contribution >= 4 is 45.9 Å². The van der Waals surface area contributed by atoms with Crippen LogP contribution >= 0.6 is 23.2 Å². The number of carbonyl (C=O) groups is 1. The molecule has 0 aliphatic heterocycles. The zero-order valence-corrected chi connectivity index (χ0v) is 19.0. The van der Waals surface area contributed by atoms with Gasteiger partial charge in [-0.3, -0.25) is 4.79 Å². The number of nitrogens with zero attached hydrogens (tertiary/aromatic N) is 3. The Balaban J connectivity index is 1.62. The van der Waals surface area contributed by atoms with Crippen molar-refractivity contribution in [3.63, 3.8) is 0 Å². The lowest BCUT2D eigenvalue weighted by Crippen LogP contribution is -2.34. The summed E-state index contributed by atoms with van der Waals surface area (Å²) in [7, 11) is 2.01. The molecule has 0 N–H and O–H groups in total. The fourth-order valence-corrected chi connectivity index (χ4v) is 4.76. The number of fused-ring (bicyclic) bond motifs is 1. The van der Waals surface area contributed by atoms with Gasteiger partial charge in [0, 0.05) is 25.6 Å². The average Bonchev–Trinajstić information content (AvgIpc) is 2.97. The highest BCUT2D eigenvalue weighted by atomic mass is 35.5. The molecule has 7 heteroatoms. The molecular weight excluding hydrogens is 409 g/mol. The van der Waals surface area contributed by atoms with E-state index in [1.165, 1.54) is 19.3 Å². The number of aryl methyl sites for hydroxylation is 2. The molecule has 0 radical (unpaired) electrons. The SMILES string of the molecule is CC(Cl)N(c1ccc2c(c1)nc(CCCC(=O)OC1CCCCC1)n2C)C(C)Cl. The Bertz CT molecular complexity index is 821. The number of rotatable bonds is 8. The molecule has 29 heavy (non-hydrogen) atoms. The highest BCUT2D eigenvalue weighted by molar-refractivity contribution is 6.25. The monoisotopic (exact) mass is 439 g/mol. The van der Waals surface area contributed by atoms with Gasteiger partial charge in [0.15, 0.2) is 0 Å². The molecule has 1 aromatic carbocycles. The number of hydrogen-bond acceptors (Lipinski definition) is 4. The minimum Gasteiger partial charge on any atom is -0.462 e. The van der Waals surface area contributed by atoms with Crippen molar-refractivity contribution < 1.29 is 9.53 Å². The molecule has 0 amide bonds. The van der Waals surface area contributed by atoms with Gasteiger partial charge in [0.2, 0.25) is 0 Å². The maximum absolute atomic E-state index is 12.1. The highest BCUT2D eigenvalue weighted by Gasteiger charge is 2.20. The molecule has 160 valence electrons. The van der Waals surface area contributed by atoms with Crippen LogP contribution < -0.4 is 4.90 Å². The first kappa shape index (κ1) is 22.2. The third-order valence-corrected chi connectivity index (χ3v) is 6.07. The quantitative estimate of drug-likeness (QED) is 0.298. The Hall–Kier alpha value is -1.46. The topological polar surface area (TPSA) is 47.4 Å². The number of halogens is 2. The minimum atomic E-state index is -0.224. The van der Waals surface area contributed by atoms with Crippen LogP contribution in [0.5, 0.6) is 0 Å². The molecule has 2 atom stereocenters. The van der Waals surface area contributed by atoms with Crippen LogP contribution in [-0.2, 0) is 23.0 Å². The summed E-state index contributed by atoms with van der Waals surface area (Å²) in [4.78, 5) is 18.9. The van der Waals surface area contributed by atoms with E-state index in [1.807, 2.05) is 44.0 Å². The number of imidazole rings is 1. The predicted octanol–water partition coefficient (Wildman–Crippen LogP) is 5.75. The zero-order chi connectivity index (χ0) is 21.0. The van der Waals surface area contributed by atoms with Crippen LogP contribution in [0.25, 0.3) is 11.0 Å². The van der Waals surface area contributed by atoms with Gasteiger partial charge in [-0.05, 0) is 64.2 Å². The summed E-state index contributed by atoms with van der Waals surface area (Å²) < 4.78 is 7.70. The van der Waals surface area contributed by atoms with Crippen LogP contribution in [0.3, 0.4) is 0 Å². The van der Waals surface area contributed by atoms with Gasteiger partial charge in [0.1, 0.15) is 22.9 Å². The Morgan fingerprint density at radius 3 is 2.59 bits per heavy atom. The highest BCUT2D eigenvalue weighted by Crippen LogP contribution is 2.28. The molecule has 2 aromatic rings. The number of benzene rings is 1. The van der Waals surface area contributed by atoms with Crippen LogP contribution in [0, 0.1) is 0 Å². The van der Waals surface area contributed by atoms with Crippen LogP contribution in [0.1, 0.15) is 64.6 Å². The molecule has 1 heterocycles. The Morgan fingerprint density at radius 1 is 1.24 bits per heavy atom. The lowest BCUT2D eigenvalue weighted by atomic mass is 9.98. The zero-order valence-electron chi connectivity index (χ0n) is 17.5. The van der Waals surface area contributed by atoms with Gasteiger partial charge in [-0.1, -0.05) is 29.6 Å². The number of esters is 1. The number of anilines is 1. The van der Waals surface area contributed by atoms with Gasteiger partial charge >= 0.3 is 5.97 Å². The number of ether oxygens (including phenoxy) is 1. The van der Waals surface area contributed by atoms with E-state index in [4.69, 9.17) is 32.9 Å². The Kier molecular flexibility index (Phi) is 7.69. The van der Waals surface area contributed by atoms with E-state index in [-0.39, 0.29) is 23.1 Å². The van der Waals surface area contributed by atoms with E-state index in [2.05, 4.69) is 4.57 Å². The smallest absolute Gasteiger partial charge is 0.306 e. The summed E-state index contributed by atoms with van der Waals surface area (Å²) >= 11 is 12.6. The summed E-state index contributed by atoms with van der Waals surface area (Å²) in [6, 6.07) is 6.09. The molecule has 0 bridgehead atoms. The first-order valence-corrected chi connectivity index (χ1v) is 11.5. The van der Waals surface area contributed by atoms with Crippen molar-refractivity contribution in [2.24, 2.45) is 7.05 Å². The van der Waals surface area contributed by atoms with Gasteiger partial charge in [0.25, 0.3) is 0 Å². The van der Waals surface area contributed by atoms with Crippen molar-refractivity contribution in [1.82, 2.24) is 9.55 Å². The molecule has 1 saturated carbocycles. The summed E-state index contributed by atoms with van der Waals surface area (Å²) in [6.45, 7) is 3.81. The van der Waals surface area contributed by atoms with Crippen molar-refractivity contribution in [2.45, 2.75) is 82.3 Å². The third kappa shape index (κ3) is 5.58. The van der Waals surface area contributed by atoms with Crippen molar-refractivity contribution in [3.8, 4) is 0 Å². The van der Waals surface area contributed by atoms with E-state index in [9.17, 15) is 4.79 Å². The summed E-state index contributed by atoms with van der Waals surface area (Å²) in [5.41, 5.74) is 2.46. The van der Waals surface area contributed by atoms with Gasteiger partial charge < -0.3 is 14.2 Å². The fourth-order valence-electron chi connectivity index (χ4n) is 4.13. The van der Waals surface area contributed by atoms with Crippen LogP contribution in [-0.4, -0.2) is 32.6 Å². The largest absolute Gasteiger partial charge is 0.462 e. The first-order valence-electron chi connectivity index (χ1n) is 10.6. The minimum absolute atomic E-state index is 0.0826. The Morgan fingerprint density at radius 2 is 1.93 bits per heavy atom. The molecular formula is C22H31Cl2N3O2. The second-order valence-corrected chi connectivity index (χ2v) is 9.18. The van der Waals surface area contributed by atoms with Gasteiger partial charge in [0.05, 0.1) is 11.0 Å². The molecule has 1 fully saturated rings. The molecule has 0 spiro atoms. The lowest BCUT2D eigenvalue weighted by molar-refractivity contribution is -0.150. The van der Waals surface area contributed by atoms with Crippen molar-refractivity contribution in [1.29, 1.82) is 0 Å². The summed E-state index contributed by atoms with van der Waals surface area (Å²) in [6.07, 6.45) is 7.66.